The van der Waals surface area contributed by atoms with Gasteiger partial charge in [0.15, 0.2) is 5.60 Å². The van der Waals surface area contributed by atoms with E-state index in [4.69, 9.17) is 0 Å². The number of alkyl halides is 3. The van der Waals surface area contributed by atoms with E-state index >= 15 is 0 Å². The highest BCUT2D eigenvalue weighted by molar-refractivity contribution is 5.88. The minimum Gasteiger partial charge on any atom is -0.380 e. The first-order valence-electron chi connectivity index (χ1n) is 6.72. The minimum atomic E-state index is -4.77. The molecule has 2 aliphatic carbocycles. The molecule has 5 heteroatoms. The van der Waals surface area contributed by atoms with Gasteiger partial charge in [0.2, 0.25) is 0 Å². The summed E-state index contributed by atoms with van der Waals surface area (Å²) in [6.45, 7) is 0. The predicted octanol–water partition coefficient (Wildman–Crippen LogP) is 3.06. The Hall–Kier alpha value is -1.36. The average molecular weight is 284 g/mol. The van der Waals surface area contributed by atoms with Crippen LogP contribution in [0.4, 0.5) is 13.2 Å². The third-order valence-corrected chi connectivity index (χ3v) is 4.79. The minimum absolute atomic E-state index is 0.128. The summed E-state index contributed by atoms with van der Waals surface area (Å²) < 4.78 is 39.7. The fourth-order valence-corrected chi connectivity index (χ4v) is 3.75. The molecule has 4 unspecified atom stereocenters. The summed E-state index contributed by atoms with van der Waals surface area (Å²) in [7, 11) is 0. The number of benzene rings is 1. The molecular weight excluding hydrogens is 269 g/mol. The van der Waals surface area contributed by atoms with Gasteiger partial charge < -0.3 is 5.11 Å². The molecule has 0 heterocycles. The fourth-order valence-electron chi connectivity index (χ4n) is 3.75. The van der Waals surface area contributed by atoms with Gasteiger partial charge >= 0.3 is 6.18 Å². The lowest BCUT2D eigenvalue weighted by Gasteiger charge is -2.42. The van der Waals surface area contributed by atoms with Crippen molar-refractivity contribution in [3.63, 3.8) is 0 Å². The summed E-state index contributed by atoms with van der Waals surface area (Å²) in [5.74, 6) is -2.64. The molecule has 20 heavy (non-hydrogen) atoms. The fraction of sp³-hybridized carbons (Fsp3) is 0.533. The van der Waals surface area contributed by atoms with Crippen LogP contribution in [0.5, 0.6) is 0 Å². The van der Waals surface area contributed by atoms with Crippen LogP contribution in [0.15, 0.2) is 30.3 Å². The summed E-state index contributed by atoms with van der Waals surface area (Å²) in [4.78, 5) is 12.2. The van der Waals surface area contributed by atoms with Gasteiger partial charge in [-0.15, -0.1) is 0 Å². The zero-order chi connectivity index (χ0) is 14.5. The van der Waals surface area contributed by atoms with E-state index in [0.717, 1.165) is 0 Å². The van der Waals surface area contributed by atoms with Crippen molar-refractivity contribution in [3.8, 4) is 0 Å². The van der Waals surface area contributed by atoms with Gasteiger partial charge in [0, 0.05) is 5.92 Å². The molecule has 4 atom stereocenters. The van der Waals surface area contributed by atoms with Crippen LogP contribution in [0.2, 0.25) is 0 Å². The lowest BCUT2D eigenvalue weighted by Crippen LogP contribution is -2.57. The molecule has 3 rings (SSSR count). The van der Waals surface area contributed by atoms with E-state index in [-0.39, 0.29) is 12.3 Å². The molecule has 1 aromatic carbocycles. The molecular formula is C15H15F3O2. The number of ketones is 1. The number of halogens is 3. The SMILES string of the molecule is O=C1C2CCC1C(O)(C(F)(F)F)CC2c1ccccc1. The predicted molar refractivity (Wildman–Crippen MR) is 66.0 cm³/mol. The molecule has 1 N–H and O–H groups in total. The number of hydrogen-bond acceptors (Lipinski definition) is 2. The second-order valence-electron chi connectivity index (χ2n) is 5.78. The molecule has 2 fully saturated rings. The van der Waals surface area contributed by atoms with E-state index < -0.39 is 35.8 Å². The highest BCUT2D eigenvalue weighted by Crippen LogP contribution is 2.56. The third kappa shape index (κ3) is 1.79. The van der Waals surface area contributed by atoms with Crippen LogP contribution in [0, 0.1) is 11.8 Å². The Kier molecular flexibility index (Phi) is 2.94. The Balaban J connectivity index is 2.04. The first kappa shape index (κ1) is 13.6. The summed E-state index contributed by atoms with van der Waals surface area (Å²) in [5, 5.41) is 10.2. The third-order valence-electron chi connectivity index (χ3n) is 4.79. The normalized spacial score (nSPS) is 37.2. The summed E-state index contributed by atoms with van der Waals surface area (Å²) in [6.07, 6.45) is -4.62. The van der Waals surface area contributed by atoms with Gasteiger partial charge in [-0.3, -0.25) is 4.79 Å². The number of Topliss-reactive ketones (excluding diaryl/α,β-unsaturated/α-hetero) is 1. The first-order valence-corrected chi connectivity index (χ1v) is 6.72. The lowest BCUT2D eigenvalue weighted by molar-refractivity contribution is -0.282. The number of carbonyl (C=O) groups is 1. The van der Waals surface area contributed by atoms with Crippen LogP contribution >= 0.6 is 0 Å². The van der Waals surface area contributed by atoms with Gasteiger partial charge in [-0.05, 0) is 30.7 Å². The van der Waals surface area contributed by atoms with Gasteiger partial charge in [-0.2, -0.15) is 13.2 Å². The Morgan fingerprint density at radius 1 is 1.10 bits per heavy atom. The van der Waals surface area contributed by atoms with Crippen LogP contribution in [0.1, 0.15) is 30.7 Å². The zero-order valence-corrected chi connectivity index (χ0v) is 10.7. The lowest BCUT2D eigenvalue weighted by atomic mass is 9.67. The quantitative estimate of drug-likeness (QED) is 0.860. The van der Waals surface area contributed by atoms with E-state index in [1.54, 1.807) is 30.3 Å². The molecule has 2 bridgehead atoms. The monoisotopic (exact) mass is 284 g/mol. The Bertz CT molecular complexity index is 526. The maximum atomic E-state index is 13.2. The molecule has 0 amide bonds. The van der Waals surface area contributed by atoms with Gasteiger partial charge in [-0.1, -0.05) is 30.3 Å². The van der Waals surface area contributed by atoms with Crippen LogP contribution in [0.3, 0.4) is 0 Å². The Morgan fingerprint density at radius 2 is 1.75 bits per heavy atom. The van der Waals surface area contributed by atoms with Crippen molar-refractivity contribution < 1.29 is 23.1 Å². The van der Waals surface area contributed by atoms with E-state index in [1.165, 1.54) is 0 Å². The summed E-state index contributed by atoms with van der Waals surface area (Å²) in [6, 6.07) is 8.73. The van der Waals surface area contributed by atoms with E-state index in [0.29, 0.717) is 12.0 Å². The first-order chi connectivity index (χ1) is 9.34. The van der Waals surface area contributed by atoms with Crippen LogP contribution in [-0.4, -0.2) is 22.7 Å². The molecule has 2 aliphatic rings. The Morgan fingerprint density at radius 3 is 2.35 bits per heavy atom. The molecule has 0 spiro atoms. The molecule has 0 saturated heterocycles. The van der Waals surface area contributed by atoms with Gasteiger partial charge in [0.25, 0.3) is 0 Å². The van der Waals surface area contributed by atoms with E-state index in [1.807, 2.05) is 0 Å². The average Bonchev–Trinajstić information content (AvgIpc) is 2.68. The van der Waals surface area contributed by atoms with Crippen molar-refractivity contribution in [3.05, 3.63) is 35.9 Å². The maximum absolute atomic E-state index is 13.2. The smallest absolute Gasteiger partial charge is 0.380 e. The standard InChI is InChI=1S/C15H15F3O2/c16-15(17,18)14(20)8-11(9-4-2-1-3-5-9)10-6-7-12(14)13(10)19/h1-5,10-12,20H,6-8H2. The van der Waals surface area contributed by atoms with Crippen LogP contribution < -0.4 is 0 Å². The highest BCUT2D eigenvalue weighted by atomic mass is 19.4. The van der Waals surface area contributed by atoms with Crippen molar-refractivity contribution in [2.75, 3.05) is 0 Å². The molecule has 0 aromatic heterocycles. The number of rotatable bonds is 1. The van der Waals surface area contributed by atoms with Crippen LogP contribution in [-0.2, 0) is 4.79 Å². The molecule has 0 aliphatic heterocycles. The molecule has 108 valence electrons. The largest absolute Gasteiger partial charge is 0.417 e. The molecule has 1 aromatic rings. The number of fused-ring (bicyclic) bond motifs is 2. The van der Waals surface area contributed by atoms with Crippen molar-refractivity contribution >= 4 is 5.78 Å². The number of aliphatic hydroxyl groups is 1. The van der Waals surface area contributed by atoms with E-state index in [9.17, 15) is 23.1 Å². The topological polar surface area (TPSA) is 37.3 Å². The molecule has 0 radical (unpaired) electrons. The second kappa shape index (κ2) is 4.32. The summed E-state index contributed by atoms with van der Waals surface area (Å²) in [5.41, 5.74) is -2.17. The van der Waals surface area contributed by atoms with Gasteiger partial charge in [-0.25, -0.2) is 0 Å². The number of carbonyl (C=O) groups excluding carboxylic acids is 1. The van der Waals surface area contributed by atoms with Crippen molar-refractivity contribution in [2.24, 2.45) is 11.8 Å². The van der Waals surface area contributed by atoms with Gasteiger partial charge in [0.1, 0.15) is 5.78 Å². The number of hydrogen-bond donors (Lipinski definition) is 1. The van der Waals surface area contributed by atoms with Crippen molar-refractivity contribution in [1.82, 2.24) is 0 Å². The van der Waals surface area contributed by atoms with Crippen LogP contribution in [0.25, 0.3) is 0 Å². The molecule has 2 saturated carbocycles. The van der Waals surface area contributed by atoms with Crippen molar-refractivity contribution in [2.45, 2.75) is 37.0 Å². The van der Waals surface area contributed by atoms with Crippen molar-refractivity contribution in [1.29, 1.82) is 0 Å². The molecule has 2 nitrogen and oxygen atoms in total. The summed E-state index contributed by atoms with van der Waals surface area (Å²) >= 11 is 0. The zero-order valence-electron chi connectivity index (χ0n) is 10.7. The second-order valence-corrected chi connectivity index (χ2v) is 5.78. The van der Waals surface area contributed by atoms with E-state index in [2.05, 4.69) is 0 Å². The Labute approximate surface area is 114 Å². The van der Waals surface area contributed by atoms with Gasteiger partial charge in [0.05, 0.1) is 5.92 Å². The maximum Gasteiger partial charge on any atom is 0.417 e. The highest BCUT2D eigenvalue weighted by Gasteiger charge is 2.67.